The number of carbonyl (C=O) groups excluding carboxylic acids is 2. The second-order valence-electron chi connectivity index (χ2n) is 5.75. The standard InChI is InChI=1S/C12H8F9NO6S/c13-9(14,15)10(16,17)27-11(18,19)12(20,21)29(25,26)28-22-7(23)5-3-1-2-4-6(5)8(22)24/h1-4H2. The largest absolute Gasteiger partial charge is 0.483 e. The smallest absolute Gasteiger partial charge is 0.267 e. The van der Waals surface area contributed by atoms with Crippen LogP contribution < -0.4 is 0 Å². The second kappa shape index (κ2) is 6.83. The summed E-state index contributed by atoms with van der Waals surface area (Å²) >= 11 is 0. The molecule has 0 unspecified atom stereocenters. The van der Waals surface area contributed by atoms with Crippen LogP contribution in [0.15, 0.2) is 11.1 Å². The third-order valence-electron chi connectivity index (χ3n) is 3.76. The average Bonchev–Trinajstić information content (AvgIpc) is 2.78. The number of hydroxylamine groups is 2. The van der Waals surface area contributed by atoms with Crippen molar-refractivity contribution in [2.45, 2.75) is 49.3 Å². The summed E-state index contributed by atoms with van der Waals surface area (Å²) < 4.78 is 143. The molecule has 1 heterocycles. The fourth-order valence-electron chi connectivity index (χ4n) is 2.35. The van der Waals surface area contributed by atoms with E-state index in [1.165, 1.54) is 0 Å². The molecule has 0 bridgehead atoms. The Bertz CT molecular complexity index is 836. The number of alkyl halides is 9. The Hall–Kier alpha value is -1.88. The number of imide groups is 1. The van der Waals surface area contributed by atoms with Crippen LogP contribution in [-0.4, -0.2) is 48.9 Å². The fourth-order valence-corrected chi connectivity index (χ4v) is 3.11. The van der Waals surface area contributed by atoms with Gasteiger partial charge < -0.3 is 0 Å². The van der Waals surface area contributed by atoms with Crippen LogP contribution in [0, 0.1) is 0 Å². The fraction of sp³-hybridized carbons (Fsp3) is 0.667. The number of hydrogen-bond acceptors (Lipinski definition) is 6. The van der Waals surface area contributed by atoms with E-state index >= 15 is 0 Å². The van der Waals surface area contributed by atoms with Crippen molar-refractivity contribution in [1.29, 1.82) is 0 Å². The van der Waals surface area contributed by atoms with Crippen molar-refractivity contribution < 1.29 is 66.5 Å². The summed E-state index contributed by atoms with van der Waals surface area (Å²) in [6.07, 6.45) is -20.3. The van der Waals surface area contributed by atoms with Crippen molar-refractivity contribution in [3.63, 3.8) is 0 Å². The number of ether oxygens (including phenoxy) is 1. The van der Waals surface area contributed by atoms with E-state index in [-0.39, 0.29) is 24.0 Å². The molecule has 29 heavy (non-hydrogen) atoms. The molecule has 2 rings (SSSR count). The van der Waals surface area contributed by atoms with Gasteiger partial charge in [0.15, 0.2) is 0 Å². The molecule has 0 atom stereocenters. The SMILES string of the molecule is O=C1C2=C(CCCC2)C(=O)N1OS(=O)(=O)C(F)(F)C(F)(F)OC(F)(F)C(F)(F)F. The number of amides is 2. The molecule has 166 valence electrons. The van der Waals surface area contributed by atoms with E-state index in [2.05, 4.69) is 4.28 Å². The van der Waals surface area contributed by atoms with Crippen LogP contribution in [0.25, 0.3) is 0 Å². The lowest BCUT2D eigenvalue weighted by atomic mass is 9.93. The first-order valence-corrected chi connectivity index (χ1v) is 8.72. The first-order chi connectivity index (χ1) is 12.9. The monoisotopic (exact) mass is 465 g/mol. The Balaban J connectivity index is 2.30. The maximum Gasteiger partial charge on any atom is 0.483 e. The van der Waals surface area contributed by atoms with Gasteiger partial charge in [-0.25, -0.2) is 4.74 Å². The van der Waals surface area contributed by atoms with Gasteiger partial charge >= 0.3 is 33.8 Å². The zero-order chi connectivity index (χ0) is 22.6. The van der Waals surface area contributed by atoms with E-state index in [1.54, 1.807) is 4.74 Å². The van der Waals surface area contributed by atoms with Crippen LogP contribution in [0.5, 0.6) is 0 Å². The molecule has 17 heteroatoms. The van der Waals surface area contributed by atoms with Crippen molar-refractivity contribution in [2.75, 3.05) is 0 Å². The van der Waals surface area contributed by atoms with Gasteiger partial charge in [-0.05, 0) is 25.7 Å². The van der Waals surface area contributed by atoms with Gasteiger partial charge in [-0.3, -0.25) is 9.59 Å². The zero-order valence-corrected chi connectivity index (χ0v) is 14.4. The molecule has 0 aromatic carbocycles. The van der Waals surface area contributed by atoms with E-state index in [0.29, 0.717) is 12.8 Å². The van der Waals surface area contributed by atoms with Gasteiger partial charge in [0, 0.05) is 11.1 Å². The highest BCUT2D eigenvalue weighted by atomic mass is 32.2. The van der Waals surface area contributed by atoms with Gasteiger partial charge in [-0.2, -0.15) is 47.9 Å². The molecule has 7 nitrogen and oxygen atoms in total. The Morgan fingerprint density at radius 2 is 1.17 bits per heavy atom. The Morgan fingerprint density at radius 3 is 1.55 bits per heavy atom. The molecular weight excluding hydrogens is 457 g/mol. The molecule has 0 saturated heterocycles. The molecule has 0 saturated carbocycles. The van der Waals surface area contributed by atoms with Crippen molar-refractivity contribution in [3.05, 3.63) is 11.1 Å². The quantitative estimate of drug-likeness (QED) is 0.443. The lowest BCUT2D eigenvalue weighted by Gasteiger charge is -2.29. The van der Waals surface area contributed by atoms with Crippen molar-refractivity contribution in [1.82, 2.24) is 5.06 Å². The first-order valence-electron chi connectivity index (χ1n) is 7.31. The summed E-state index contributed by atoms with van der Waals surface area (Å²) in [6, 6.07) is 0. The molecular formula is C12H8F9NO6S. The summed E-state index contributed by atoms with van der Waals surface area (Å²) in [6.45, 7) is 0. The van der Waals surface area contributed by atoms with Gasteiger partial charge in [0.1, 0.15) is 0 Å². The van der Waals surface area contributed by atoms with E-state index in [0.717, 1.165) is 0 Å². The van der Waals surface area contributed by atoms with Gasteiger partial charge in [0.2, 0.25) is 0 Å². The molecule has 0 aromatic rings. The summed E-state index contributed by atoms with van der Waals surface area (Å²) in [4.78, 5) is 23.8. The third-order valence-corrected chi connectivity index (χ3v) is 4.98. The lowest BCUT2D eigenvalue weighted by Crippen LogP contribution is -2.56. The van der Waals surface area contributed by atoms with Gasteiger partial charge in [-0.15, -0.1) is 9.35 Å². The molecule has 0 N–H and O–H groups in total. The number of carbonyl (C=O) groups is 2. The molecule has 0 spiro atoms. The molecule has 0 radical (unpaired) electrons. The van der Waals surface area contributed by atoms with Crippen molar-refractivity contribution in [3.8, 4) is 0 Å². The number of hydrogen-bond donors (Lipinski definition) is 0. The lowest BCUT2D eigenvalue weighted by molar-refractivity contribution is -0.476. The van der Waals surface area contributed by atoms with Crippen LogP contribution in [0.4, 0.5) is 39.5 Å². The maximum absolute atomic E-state index is 13.6. The third kappa shape index (κ3) is 3.81. The van der Waals surface area contributed by atoms with Crippen molar-refractivity contribution >= 4 is 21.9 Å². The maximum atomic E-state index is 13.6. The second-order valence-corrected chi connectivity index (χ2v) is 7.32. The molecule has 0 aromatic heterocycles. The van der Waals surface area contributed by atoms with Crippen LogP contribution in [0.3, 0.4) is 0 Å². The number of nitrogens with zero attached hydrogens (tertiary/aromatic N) is 1. The minimum absolute atomic E-state index is 0.0900. The van der Waals surface area contributed by atoms with Crippen LogP contribution in [0.1, 0.15) is 25.7 Å². The first kappa shape index (κ1) is 23.4. The Morgan fingerprint density at radius 1 is 0.759 bits per heavy atom. The predicted molar refractivity (Wildman–Crippen MR) is 69.3 cm³/mol. The van der Waals surface area contributed by atoms with Crippen LogP contribution in [0.2, 0.25) is 0 Å². The summed E-state index contributed by atoms with van der Waals surface area (Å²) in [5, 5.41) is -7.67. The minimum atomic E-state index is -7.18. The molecule has 1 aliphatic heterocycles. The Kier molecular flexibility index (Phi) is 5.51. The zero-order valence-electron chi connectivity index (χ0n) is 13.5. The summed E-state index contributed by atoms with van der Waals surface area (Å²) in [5.74, 6) is -3.15. The van der Waals surface area contributed by atoms with E-state index in [9.17, 15) is 57.5 Å². The predicted octanol–water partition coefficient (Wildman–Crippen LogP) is 2.84. The highest BCUT2D eigenvalue weighted by Crippen LogP contribution is 2.48. The average molecular weight is 465 g/mol. The number of rotatable bonds is 6. The molecule has 2 amide bonds. The normalized spacial score (nSPS) is 19.8. The minimum Gasteiger partial charge on any atom is -0.267 e. The van der Waals surface area contributed by atoms with E-state index in [4.69, 9.17) is 0 Å². The highest BCUT2D eigenvalue weighted by molar-refractivity contribution is 7.87. The van der Waals surface area contributed by atoms with E-state index < -0.39 is 50.6 Å². The Labute approximate surface area is 155 Å². The van der Waals surface area contributed by atoms with Gasteiger partial charge in [-0.1, -0.05) is 0 Å². The van der Waals surface area contributed by atoms with Crippen molar-refractivity contribution in [2.24, 2.45) is 0 Å². The molecule has 2 aliphatic rings. The highest BCUT2D eigenvalue weighted by Gasteiger charge is 2.76. The summed E-state index contributed by atoms with van der Waals surface area (Å²) in [5.41, 5.74) is -0.655. The van der Waals surface area contributed by atoms with Crippen LogP contribution >= 0.6 is 0 Å². The molecule has 0 fully saturated rings. The topological polar surface area (TPSA) is 90.0 Å². The van der Waals surface area contributed by atoms with Gasteiger partial charge in [0.25, 0.3) is 11.8 Å². The summed E-state index contributed by atoms with van der Waals surface area (Å²) in [7, 11) is -7.18. The van der Waals surface area contributed by atoms with Gasteiger partial charge in [0.05, 0.1) is 0 Å². The van der Waals surface area contributed by atoms with Crippen LogP contribution in [-0.2, 0) is 28.7 Å². The molecule has 1 aliphatic carbocycles. The van der Waals surface area contributed by atoms with E-state index in [1.807, 2.05) is 0 Å². The number of halogens is 9.